The normalized spacial score (nSPS) is 20.6. The first-order valence-corrected chi connectivity index (χ1v) is 6.22. The first-order chi connectivity index (χ1) is 9.47. The molecule has 108 valence electrons. The van der Waals surface area contributed by atoms with Crippen LogP contribution < -0.4 is 10.2 Å². The highest BCUT2D eigenvalue weighted by molar-refractivity contribution is 5.49. The molecule has 0 amide bonds. The van der Waals surface area contributed by atoms with Gasteiger partial charge in [0.1, 0.15) is 12.1 Å². The molecule has 1 fully saturated rings. The van der Waals surface area contributed by atoms with Gasteiger partial charge in [0.05, 0.1) is 0 Å². The molecule has 2 aromatic heterocycles. The quantitative estimate of drug-likeness (QED) is 0.845. The van der Waals surface area contributed by atoms with Gasteiger partial charge in [0.2, 0.25) is 0 Å². The predicted molar refractivity (Wildman–Crippen MR) is 65.5 cm³/mol. The van der Waals surface area contributed by atoms with Crippen LogP contribution >= 0.6 is 0 Å². The van der Waals surface area contributed by atoms with Crippen LogP contribution in [0.15, 0.2) is 12.4 Å². The summed E-state index contributed by atoms with van der Waals surface area (Å²) in [7, 11) is 0. The second-order valence-corrected chi connectivity index (χ2v) is 4.72. The number of hydrogen-bond acceptors (Lipinski definition) is 5. The van der Waals surface area contributed by atoms with Gasteiger partial charge in [-0.1, -0.05) is 0 Å². The molecule has 1 aliphatic heterocycles. The van der Waals surface area contributed by atoms with Crippen molar-refractivity contribution in [2.75, 3.05) is 24.5 Å². The molecule has 0 bridgehead atoms. The highest BCUT2D eigenvalue weighted by atomic mass is 19.4. The number of hydrogen-bond donors (Lipinski definition) is 1. The number of nitrogens with one attached hydrogen (secondary N) is 1. The molecule has 3 rings (SSSR count). The summed E-state index contributed by atoms with van der Waals surface area (Å²) >= 11 is 0. The largest absolute Gasteiger partial charge is 0.433 e. The Labute approximate surface area is 112 Å². The molecule has 0 aliphatic carbocycles. The molecule has 20 heavy (non-hydrogen) atoms. The summed E-state index contributed by atoms with van der Waals surface area (Å²) in [6.45, 7) is 3.98. The van der Waals surface area contributed by atoms with Crippen LogP contribution in [-0.4, -0.2) is 45.3 Å². The van der Waals surface area contributed by atoms with Gasteiger partial charge in [-0.05, 0) is 6.92 Å². The van der Waals surface area contributed by atoms with Crippen LogP contribution in [0.1, 0.15) is 12.6 Å². The maximum absolute atomic E-state index is 12.9. The highest BCUT2D eigenvalue weighted by Crippen LogP contribution is 2.31. The Morgan fingerprint density at radius 3 is 2.90 bits per heavy atom. The van der Waals surface area contributed by atoms with E-state index in [2.05, 4.69) is 20.4 Å². The third-order valence-electron chi connectivity index (χ3n) is 3.32. The molecular weight excluding hydrogens is 273 g/mol. The zero-order valence-corrected chi connectivity index (χ0v) is 10.7. The Morgan fingerprint density at radius 2 is 2.20 bits per heavy atom. The molecule has 1 atom stereocenters. The smallest absolute Gasteiger partial charge is 0.351 e. The number of aromatic nitrogens is 4. The van der Waals surface area contributed by atoms with E-state index < -0.39 is 11.9 Å². The van der Waals surface area contributed by atoms with Crippen LogP contribution in [0.2, 0.25) is 0 Å². The van der Waals surface area contributed by atoms with E-state index in [9.17, 15) is 13.2 Å². The van der Waals surface area contributed by atoms with E-state index >= 15 is 0 Å². The average molecular weight is 286 g/mol. The molecule has 3 heterocycles. The van der Waals surface area contributed by atoms with Crippen molar-refractivity contribution < 1.29 is 13.2 Å². The van der Waals surface area contributed by atoms with Crippen LogP contribution in [0.25, 0.3) is 5.78 Å². The number of rotatable bonds is 1. The Bertz CT molecular complexity index is 622. The van der Waals surface area contributed by atoms with Gasteiger partial charge < -0.3 is 10.2 Å². The van der Waals surface area contributed by atoms with E-state index in [4.69, 9.17) is 0 Å². The predicted octanol–water partition coefficient (Wildman–Crippen LogP) is 0.941. The Balaban J connectivity index is 2.14. The molecule has 0 saturated carbocycles. The van der Waals surface area contributed by atoms with Crippen molar-refractivity contribution in [3.8, 4) is 0 Å². The number of fused-ring (bicyclic) bond motifs is 1. The summed E-state index contributed by atoms with van der Waals surface area (Å²) in [5.41, 5.74) is -0.946. The van der Waals surface area contributed by atoms with Crippen LogP contribution in [0.5, 0.6) is 0 Å². The van der Waals surface area contributed by atoms with E-state index in [1.54, 1.807) is 0 Å². The average Bonchev–Trinajstić information content (AvgIpc) is 2.85. The number of anilines is 1. The summed E-state index contributed by atoms with van der Waals surface area (Å²) < 4.78 is 40.1. The molecule has 9 heteroatoms. The van der Waals surface area contributed by atoms with Crippen molar-refractivity contribution in [3.63, 3.8) is 0 Å². The van der Waals surface area contributed by atoms with E-state index in [1.165, 1.54) is 10.8 Å². The number of halogens is 3. The Kier molecular flexibility index (Phi) is 3.00. The summed E-state index contributed by atoms with van der Waals surface area (Å²) in [5, 5.41) is 7.16. The molecule has 1 N–H and O–H groups in total. The van der Waals surface area contributed by atoms with Crippen molar-refractivity contribution >= 4 is 11.6 Å². The number of alkyl halides is 3. The van der Waals surface area contributed by atoms with Gasteiger partial charge in [-0.2, -0.15) is 27.8 Å². The second kappa shape index (κ2) is 4.58. The fourth-order valence-electron chi connectivity index (χ4n) is 2.33. The van der Waals surface area contributed by atoms with E-state index in [0.717, 1.165) is 6.07 Å². The molecule has 0 radical (unpaired) electrons. The molecule has 0 spiro atoms. The van der Waals surface area contributed by atoms with E-state index in [0.29, 0.717) is 25.5 Å². The zero-order valence-electron chi connectivity index (χ0n) is 10.7. The maximum Gasteiger partial charge on any atom is 0.433 e. The van der Waals surface area contributed by atoms with Gasteiger partial charge >= 0.3 is 6.18 Å². The van der Waals surface area contributed by atoms with Crippen LogP contribution in [0, 0.1) is 0 Å². The van der Waals surface area contributed by atoms with Crippen molar-refractivity contribution in [2.45, 2.75) is 19.1 Å². The fourth-order valence-corrected chi connectivity index (χ4v) is 2.33. The lowest BCUT2D eigenvalue weighted by Crippen LogP contribution is -2.50. The minimum atomic E-state index is -4.50. The maximum atomic E-state index is 12.9. The second-order valence-electron chi connectivity index (χ2n) is 4.72. The third kappa shape index (κ3) is 2.17. The van der Waals surface area contributed by atoms with Gasteiger partial charge in [-0.25, -0.2) is 4.98 Å². The van der Waals surface area contributed by atoms with Gasteiger partial charge in [0.15, 0.2) is 5.69 Å². The standard InChI is InChI=1S/C11H13F3N6/c1-7-5-15-2-3-19(7)9-4-8(11(12,13)14)18-10-16-6-17-20(9)10/h4,6-7,15H,2-3,5H2,1H3/t7-/m1/s1. The molecule has 0 aromatic carbocycles. The molecular formula is C11H13F3N6. The third-order valence-corrected chi connectivity index (χ3v) is 3.32. The summed E-state index contributed by atoms with van der Waals surface area (Å²) in [5.74, 6) is 0.328. The number of nitrogens with zero attached hydrogens (tertiary/aromatic N) is 5. The summed E-state index contributed by atoms with van der Waals surface area (Å²) in [6.07, 6.45) is -3.29. The lowest BCUT2D eigenvalue weighted by atomic mass is 10.2. The lowest BCUT2D eigenvalue weighted by molar-refractivity contribution is -0.141. The minimum absolute atomic E-state index is 0.0412. The first kappa shape index (κ1) is 13.1. The first-order valence-electron chi connectivity index (χ1n) is 6.22. The summed E-state index contributed by atoms with van der Waals surface area (Å²) in [4.78, 5) is 9.16. The lowest BCUT2D eigenvalue weighted by Gasteiger charge is -2.35. The monoisotopic (exact) mass is 286 g/mol. The van der Waals surface area contributed by atoms with Crippen molar-refractivity contribution in [1.29, 1.82) is 0 Å². The van der Waals surface area contributed by atoms with E-state index in [1.807, 2.05) is 11.8 Å². The van der Waals surface area contributed by atoms with Crippen molar-refractivity contribution in [1.82, 2.24) is 24.9 Å². The fraction of sp³-hybridized carbons (Fsp3) is 0.545. The van der Waals surface area contributed by atoms with E-state index in [-0.39, 0.29) is 11.8 Å². The molecule has 0 unspecified atom stereocenters. The molecule has 6 nitrogen and oxygen atoms in total. The van der Waals surface area contributed by atoms with Crippen LogP contribution in [-0.2, 0) is 6.18 Å². The van der Waals surface area contributed by atoms with Gasteiger partial charge in [-0.15, -0.1) is 0 Å². The van der Waals surface area contributed by atoms with Crippen molar-refractivity contribution in [2.24, 2.45) is 0 Å². The van der Waals surface area contributed by atoms with Crippen molar-refractivity contribution in [3.05, 3.63) is 18.1 Å². The number of piperazine rings is 1. The van der Waals surface area contributed by atoms with Gasteiger partial charge in [0, 0.05) is 31.7 Å². The summed E-state index contributed by atoms with van der Waals surface area (Å²) in [6, 6.07) is 1.10. The zero-order chi connectivity index (χ0) is 14.3. The Morgan fingerprint density at radius 1 is 1.40 bits per heavy atom. The van der Waals surface area contributed by atoms with Crippen LogP contribution in [0.3, 0.4) is 0 Å². The van der Waals surface area contributed by atoms with Gasteiger partial charge in [0.25, 0.3) is 5.78 Å². The molecule has 1 saturated heterocycles. The highest BCUT2D eigenvalue weighted by Gasteiger charge is 2.35. The topological polar surface area (TPSA) is 58.3 Å². The SMILES string of the molecule is C[C@@H]1CNCCN1c1cc(C(F)(F)F)nc2ncnn12. The molecule has 1 aliphatic rings. The Hall–Kier alpha value is -1.90. The minimum Gasteiger partial charge on any atom is -0.351 e. The van der Waals surface area contributed by atoms with Gasteiger partial charge in [-0.3, -0.25) is 0 Å². The molecule has 2 aromatic rings. The van der Waals surface area contributed by atoms with Crippen LogP contribution in [0.4, 0.5) is 19.0 Å².